The summed E-state index contributed by atoms with van der Waals surface area (Å²) in [5.74, 6) is 1.70. The number of anilines is 1. The number of rotatable bonds is 3. The summed E-state index contributed by atoms with van der Waals surface area (Å²) in [7, 11) is 0. The Morgan fingerprint density at radius 2 is 1.92 bits per heavy atom. The number of aromatic nitrogens is 4. The van der Waals surface area contributed by atoms with E-state index < -0.39 is 0 Å². The summed E-state index contributed by atoms with van der Waals surface area (Å²) in [5.41, 5.74) is 8.85. The van der Waals surface area contributed by atoms with Gasteiger partial charge < -0.3 is 10.6 Å². The number of nitrogens with two attached hydrogens (primary N) is 1. The van der Waals surface area contributed by atoms with Crippen LogP contribution < -0.4 is 10.6 Å². The molecule has 1 atom stereocenters. The minimum Gasteiger partial charge on any atom is -0.357 e. The van der Waals surface area contributed by atoms with E-state index in [-0.39, 0.29) is 6.04 Å². The molecule has 1 saturated heterocycles. The number of hydrogen-bond donors (Lipinski definition) is 1. The molecule has 0 spiro atoms. The third-order valence-corrected chi connectivity index (χ3v) is 4.60. The standard InChI is InChI=1S/C18H22N6/c1-13(19)14-5-6-16-21-11-15(24(16)12-14)18-20-8-7-17(22-18)23-9-3-2-4-10-23/h5-8,11-13H,2-4,9-10,19H2,1H3. The zero-order valence-electron chi connectivity index (χ0n) is 13.9. The molecule has 0 radical (unpaired) electrons. The van der Waals surface area contributed by atoms with Crippen LogP contribution in [0.5, 0.6) is 0 Å². The molecule has 0 saturated carbocycles. The SMILES string of the molecule is CC(N)c1ccc2ncc(-c3nccc(N4CCCCC4)n3)n2c1. The van der Waals surface area contributed by atoms with Crippen molar-refractivity contribution in [2.75, 3.05) is 18.0 Å². The van der Waals surface area contributed by atoms with E-state index in [0.29, 0.717) is 5.82 Å². The normalized spacial score (nSPS) is 16.5. The summed E-state index contributed by atoms with van der Waals surface area (Å²) in [4.78, 5) is 16.1. The second kappa shape index (κ2) is 6.20. The molecule has 0 bridgehead atoms. The molecular weight excluding hydrogens is 300 g/mol. The maximum absolute atomic E-state index is 6.01. The topological polar surface area (TPSA) is 72.3 Å². The Bertz CT molecular complexity index is 848. The molecule has 1 aliphatic heterocycles. The first-order valence-electron chi connectivity index (χ1n) is 8.53. The van der Waals surface area contributed by atoms with Crippen LogP contribution in [0.15, 0.2) is 36.8 Å². The summed E-state index contributed by atoms with van der Waals surface area (Å²) in [6, 6.07) is 5.97. The van der Waals surface area contributed by atoms with Gasteiger partial charge in [-0.25, -0.2) is 15.0 Å². The molecule has 0 aliphatic carbocycles. The third-order valence-electron chi connectivity index (χ3n) is 4.60. The molecule has 24 heavy (non-hydrogen) atoms. The van der Waals surface area contributed by atoms with Gasteiger partial charge in [-0.2, -0.15) is 0 Å². The van der Waals surface area contributed by atoms with Gasteiger partial charge in [-0.3, -0.25) is 4.40 Å². The van der Waals surface area contributed by atoms with E-state index in [2.05, 4.69) is 14.9 Å². The van der Waals surface area contributed by atoms with Crippen molar-refractivity contribution in [1.29, 1.82) is 0 Å². The lowest BCUT2D eigenvalue weighted by Gasteiger charge is -2.27. The van der Waals surface area contributed by atoms with Gasteiger partial charge in [0.05, 0.1) is 6.20 Å². The Kier molecular flexibility index (Phi) is 3.90. The van der Waals surface area contributed by atoms with E-state index >= 15 is 0 Å². The van der Waals surface area contributed by atoms with Gasteiger partial charge in [0.1, 0.15) is 17.2 Å². The lowest BCUT2D eigenvalue weighted by Crippen LogP contribution is -2.30. The fourth-order valence-electron chi connectivity index (χ4n) is 3.20. The minimum atomic E-state index is -0.0229. The largest absolute Gasteiger partial charge is 0.357 e. The van der Waals surface area contributed by atoms with Crippen LogP contribution >= 0.6 is 0 Å². The lowest BCUT2D eigenvalue weighted by molar-refractivity contribution is 0.573. The van der Waals surface area contributed by atoms with Crippen molar-refractivity contribution in [3.05, 3.63) is 42.4 Å². The monoisotopic (exact) mass is 322 g/mol. The molecule has 1 aliphatic rings. The van der Waals surface area contributed by atoms with Crippen LogP contribution in [0.2, 0.25) is 0 Å². The van der Waals surface area contributed by atoms with E-state index in [1.165, 1.54) is 19.3 Å². The Morgan fingerprint density at radius 3 is 2.71 bits per heavy atom. The molecule has 1 unspecified atom stereocenters. The van der Waals surface area contributed by atoms with Gasteiger partial charge in [0.15, 0.2) is 5.82 Å². The second-order valence-electron chi connectivity index (χ2n) is 6.41. The predicted octanol–water partition coefficient (Wildman–Crippen LogP) is 2.80. The van der Waals surface area contributed by atoms with E-state index in [0.717, 1.165) is 35.8 Å². The van der Waals surface area contributed by atoms with Gasteiger partial charge >= 0.3 is 0 Å². The van der Waals surface area contributed by atoms with Crippen LogP contribution in [0.25, 0.3) is 17.2 Å². The van der Waals surface area contributed by atoms with Crippen LogP contribution in [-0.4, -0.2) is 32.4 Å². The summed E-state index contributed by atoms with van der Waals surface area (Å²) in [5, 5.41) is 0. The van der Waals surface area contributed by atoms with Crippen molar-refractivity contribution in [2.45, 2.75) is 32.2 Å². The smallest absolute Gasteiger partial charge is 0.180 e. The van der Waals surface area contributed by atoms with Crippen LogP contribution in [-0.2, 0) is 0 Å². The van der Waals surface area contributed by atoms with Crippen LogP contribution in [0.3, 0.4) is 0 Å². The van der Waals surface area contributed by atoms with Crippen LogP contribution in [0.1, 0.15) is 37.8 Å². The fourth-order valence-corrected chi connectivity index (χ4v) is 3.20. The average molecular weight is 322 g/mol. The third kappa shape index (κ3) is 2.73. The van der Waals surface area contributed by atoms with Crippen molar-refractivity contribution < 1.29 is 0 Å². The first-order valence-corrected chi connectivity index (χ1v) is 8.53. The van der Waals surface area contributed by atoms with Crippen molar-refractivity contribution in [1.82, 2.24) is 19.4 Å². The Balaban J connectivity index is 1.75. The van der Waals surface area contributed by atoms with Crippen LogP contribution in [0.4, 0.5) is 5.82 Å². The molecule has 0 aromatic carbocycles. The number of fused-ring (bicyclic) bond motifs is 1. The highest BCUT2D eigenvalue weighted by atomic mass is 15.2. The van der Waals surface area contributed by atoms with Crippen LogP contribution in [0, 0.1) is 0 Å². The molecule has 6 nitrogen and oxygen atoms in total. The van der Waals surface area contributed by atoms with E-state index in [1.807, 2.05) is 48.1 Å². The van der Waals surface area contributed by atoms with Crippen molar-refractivity contribution in [3.63, 3.8) is 0 Å². The summed E-state index contributed by atoms with van der Waals surface area (Å²) >= 11 is 0. The van der Waals surface area contributed by atoms with Gasteiger partial charge in [0.25, 0.3) is 0 Å². The average Bonchev–Trinajstić information content (AvgIpc) is 3.05. The quantitative estimate of drug-likeness (QED) is 0.803. The Labute approximate surface area is 141 Å². The zero-order chi connectivity index (χ0) is 16.5. The van der Waals surface area contributed by atoms with Gasteiger partial charge in [0, 0.05) is 31.5 Å². The summed E-state index contributed by atoms with van der Waals surface area (Å²) in [6.07, 6.45) is 9.46. The fraction of sp³-hybridized carbons (Fsp3) is 0.389. The molecule has 4 rings (SSSR count). The number of hydrogen-bond acceptors (Lipinski definition) is 5. The molecule has 4 heterocycles. The first-order chi connectivity index (χ1) is 11.7. The van der Waals surface area contributed by atoms with Gasteiger partial charge in [-0.15, -0.1) is 0 Å². The Hall–Kier alpha value is -2.47. The molecule has 6 heteroatoms. The van der Waals surface area contributed by atoms with Gasteiger partial charge in [-0.05, 0) is 43.9 Å². The van der Waals surface area contributed by atoms with Crippen molar-refractivity contribution >= 4 is 11.5 Å². The van der Waals surface area contributed by atoms with E-state index in [9.17, 15) is 0 Å². The van der Waals surface area contributed by atoms with Crippen molar-refractivity contribution in [3.8, 4) is 11.5 Å². The highest BCUT2D eigenvalue weighted by Crippen LogP contribution is 2.23. The highest BCUT2D eigenvalue weighted by Gasteiger charge is 2.15. The van der Waals surface area contributed by atoms with E-state index in [4.69, 9.17) is 10.7 Å². The van der Waals surface area contributed by atoms with Gasteiger partial charge in [-0.1, -0.05) is 6.07 Å². The van der Waals surface area contributed by atoms with E-state index in [1.54, 1.807) is 0 Å². The molecule has 2 N–H and O–H groups in total. The number of pyridine rings is 1. The first kappa shape index (κ1) is 15.1. The maximum atomic E-state index is 6.01. The highest BCUT2D eigenvalue weighted by molar-refractivity contribution is 5.59. The molecule has 3 aromatic rings. The number of nitrogens with zero attached hydrogens (tertiary/aromatic N) is 5. The van der Waals surface area contributed by atoms with Crippen molar-refractivity contribution in [2.24, 2.45) is 5.73 Å². The zero-order valence-corrected chi connectivity index (χ0v) is 13.9. The minimum absolute atomic E-state index is 0.0229. The van der Waals surface area contributed by atoms with Gasteiger partial charge in [0.2, 0.25) is 0 Å². The molecule has 3 aromatic heterocycles. The Morgan fingerprint density at radius 1 is 1.08 bits per heavy atom. The molecule has 1 fully saturated rings. The number of imidazole rings is 1. The summed E-state index contributed by atoms with van der Waals surface area (Å²) in [6.45, 7) is 4.11. The second-order valence-corrected chi connectivity index (χ2v) is 6.41. The number of piperidine rings is 1. The lowest BCUT2D eigenvalue weighted by atomic mass is 10.1. The maximum Gasteiger partial charge on any atom is 0.180 e. The molecule has 0 amide bonds. The molecule has 124 valence electrons. The summed E-state index contributed by atoms with van der Waals surface area (Å²) < 4.78 is 2.02. The predicted molar refractivity (Wildman–Crippen MR) is 94.9 cm³/mol. The molecular formula is C18H22N6.